The minimum atomic E-state index is -0.239. The number of halogens is 1. The van der Waals surface area contributed by atoms with Crippen molar-refractivity contribution in [2.24, 2.45) is 0 Å². The van der Waals surface area contributed by atoms with Crippen molar-refractivity contribution in [2.45, 2.75) is 19.8 Å². The number of anilines is 1. The molecule has 2 heterocycles. The van der Waals surface area contributed by atoms with Gasteiger partial charge in [0.1, 0.15) is 11.5 Å². The Balaban J connectivity index is 1.90. The van der Waals surface area contributed by atoms with Crippen LogP contribution in [0, 0.1) is 5.82 Å². The number of hydrogen-bond donors (Lipinski definition) is 2. The highest BCUT2D eigenvalue weighted by atomic mass is 19.1. The SMILES string of the molecule is CCCCNc1ncc2c(-c3ccc(F)cc3)c[nH]c2n1. The van der Waals surface area contributed by atoms with Crippen LogP contribution < -0.4 is 5.32 Å². The maximum Gasteiger partial charge on any atom is 0.224 e. The molecule has 0 unspecified atom stereocenters. The highest BCUT2D eigenvalue weighted by molar-refractivity contribution is 5.93. The van der Waals surface area contributed by atoms with Gasteiger partial charge < -0.3 is 10.3 Å². The molecule has 3 rings (SSSR count). The Labute approximate surface area is 122 Å². The Kier molecular flexibility index (Phi) is 3.81. The Bertz CT molecular complexity index is 734. The number of hydrogen-bond acceptors (Lipinski definition) is 3. The summed E-state index contributed by atoms with van der Waals surface area (Å²) in [5, 5.41) is 4.14. The number of aromatic amines is 1. The Morgan fingerprint density at radius 3 is 2.81 bits per heavy atom. The highest BCUT2D eigenvalue weighted by Gasteiger charge is 2.08. The van der Waals surface area contributed by atoms with Crippen LogP contribution in [-0.2, 0) is 0 Å². The fourth-order valence-electron chi connectivity index (χ4n) is 2.24. The molecule has 3 aromatic rings. The van der Waals surface area contributed by atoms with Crippen LogP contribution in [0.5, 0.6) is 0 Å². The van der Waals surface area contributed by atoms with Gasteiger partial charge in [-0.25, -0.2) is 9.37 Å². The third-order valence-electron chi connectivity index (χ3n) is 3.40. The van der Waals surface area contributed by atoms with Crippen molar-refractivity contribution in [3.63, 3.8) is 0 Å². The van der Waals surface area contributed by atoms with Crippen molar-refractivity contribution in [1.29, 1.82) is 0 Å². The summed E-state index contributed by atoms with van der Waals surface area (Å²) < 4.78 is 13.0. The summed E-state index contributed by atoms with van der Waals surface area (Å²) in [5.74, 6) is 0.390. The lowest BCUT2D eigenvalue weighted by molar-refractivity contribution is 0.628. The van der Waals surface area contributed by atoms with E-state index in [1.807, 2.05) is 6.20 Å². The van der Waals surface area contributed by atoms with Crippen LogP contribution in [0.4, 0.5) is 10.3 Å². The lowest BCUT2D eigenvalue weighted by atomic mass is 10.1. The van der Waals surface area contributed by atoms with Gasteiger partial charge >= 0.3 is 0 Å². The number of fused-ring (bicyclic) bond motifs is 1. The molecule has 0 spiro atoms. The first-order valence-electron chi connectivity index (χ1n) is 7.12. The molecule has 0 saturated heterocycles. The summed E-state index contributed by atoms with van der Waals surface area (Å²) in [7, 11) is 0. The summed E-state index contributed by atoms with van der Waals surface area (Å²) >= 11 is 0. The van der Waals surface area contributed by atoms with Gasteiger partial charge in [0.25, 0.3) is 0 Å². The van der Waals surface area contributed by atoms with Crippen molar-refractivity contribution >= 4 is 17.0 Å². The maximum absolute atomic E-state index is 13.0. The fourth-order valence-corrected chi connectivity index (χ4v) is 2.24. The van der Waals surface area contributed by atoms with E-state index in [2.05, 4.69) is 27.2 Å². The van der Waals surface area contributed by atoms with E-state index in [4.69, 9.17) is 0 Å². The zero-order valence-corrected chi connectivity index (χ0v) is 11.9. The standard InChI is InChI=1S/C16H17FN4/c1-2-3-8-18-16-20-10-14-13(9-19-15(14)21-16)11-4-6-12(17)7-5-11/h4-7,9-10H,2-3,8H2,1H3,(H2,18,19,20,21). The van der Waals surface area contributed by atoms with Crippen molar-refractivity contribution in [2.75, 3.05) is 11.9 Å². The highest BCUT2D eigenvalue weighted by Crippen LogP contribution is 2.27. The maximum atomic E-state index is 13.0. The second kappa shape index (κ2) is 5.91. The van der Waals surface area contributed by atoms with Crippen LogP contribution in [0.25, 0.3) is 22.2 Å². The zero-order chi connectivity index (χ0) is 14.7. The molecule has 0 amide bonds. The number of nitrogens with one attached hydrogen (secondary N) is 2. The third-order valence-corrected chi connectivity index (χ3v) is 3.40. The lowest BCUT2D eigenvalue weighted by Crippen LogP contribution is -2.04. The van der Waals surface area contributed by atoms with Gasteiger partial charge in [0.15, 0.2) is 0 Å². The number of unbranched alkanes of at least 4 members (excludes halogenated alkanes) is 1. The Morgan fingerprint density at radius 1 is 1.24 bits per heavy atom. The smallest absolute Gasteiger partial charge is 0.224 e. The fraction of sp³-hybridized carbons (Fsp3) is 0.250. The monoisotopic (exact) mass is 284 g/mol. The first-order valence-corrected chi connectivity index (χ1v) is 7.12. The van der Waals surface area contributed by atoms with Crippen molar-refractivity contribution in [3.8, 4) is 11.1 Å². The van der Waals surface area contributed by atoms with E-state index < -0.39 is 0 Å². The van der Waals surface area contributed by atoms with E-state index in [0.717, 1.165) is 41.5 Å². The number of H-pyrrole nitrogens is 1. The molecule has 0 aliphatic carbocycles. The first kappa shape index (κ1) is 13.5. The number of aromatic nitrogens is 3. The minimum absolute atomic E-state index is 0.239. The molecule has 0 saturated carbocycles. The summed E-state index contributed by atoms with van der Waals surface area (Å²) in [6.45, 7) is 3.01. The molecule has 2 N–H and O–H groups in total. The van der Waals surface area contributed by atoms with E-state index >= 15 is 0 Å². The largest absolute Gasteiger partial charge is 0.354 e. The lowest BCUT2D eigenvalue weighted by Gasteiger charge is -2.03. The number of nitrogens with zero attached hydrogens (tertiary/aromatic N) is 2. The van der Waals surface area contributed by atoms with Crippen molar-refractivity contribution < 1.29 is 4.39 Å². The number of benzene rings is 1. The van der Waals surface area contributed by atoms with Crippen molar-refractivity contribution in [3.05, 3.63) is 42.5 Å². The molecule has 2 aromatic heterocycles. The van der Waals surface area contributed by atoms with Gasteiger partial charge in [0.05, 0.1) is 0 Å². The predicted octanol–water partition coefficient (Wildman–Crippen LogP) is 3.98. The molecule has 0 aliphatic heterocycles. The normalized spacial score (nSPS) is 11.0. The minimum Gasteiger partial charge on any atom is -0.354 e. The van der Waals surface area contributed by atoms with Gasteiger partial charge in [0.2, 0.25) is 5.95 Å². The summed E-state index contributed by atoms with van der Waals surface area (Å²) in [5.41, 5.74) is 2.70. The zero-order valence-electron chi connectivity index (χ0n) is 11.9. The average molecular weight is 284 g/mol. The van der Waals surface area contributed by atoms with Gasteiger partial charge in [-0.05, 0) is 24.1 Å². The van der Waals surface area contributed by atoms with Crippen LogP contribution in [0.1, 0.15) is 19.8 Å². The Morgan fingerprint density at radius 2 is 2.05 bits per heavy atom. The average Bonchev–Trinajstić information content (AvgIpc) is 2.91. The second-order valence-corrected chi connectivity index (χ2v) is 4.95. The topological polar surface area (TPSA) is 53.6 Å². The summed E-state index contributed by atoms with van der Waals surface area (Å²) in [4.78, 5) is 11.9. The van der Waals surface area contributed by atoms with Crippen LogP contribution in [0.3, 0.4) is 0 Å². The third kappa shape index (κ3) is 2.86. The second-order valence-electron chi connectivity index (χ2n) is 4.95. The van der Waals surface area contributed by atoms with E-state index in [0.29, 0.717) is 5.95 Å². The van der Waals surface area contributed by atoms with Crippen LogP contribution >= 0.6 is 0 Å². The first-order chi connectivity index (χ1) is 10.3. The van der Waals surface area contributed by atoms with Gasteiger partial charge in [-0.15, -0.1) is 0 Å². The molecular weight excluding hydrogens is 267 g/mol. The molecule has 108 valence electrons. The molecule has 5 heteroatoms. The number of rotatable bonds is 5. The molecular formula is C16H17FN4. The van der Waals surface area contributed by atoms with E-state index in [-0.39, 0.29) is 5.82 Å². The molecule has 0 atom stereocenters. The van der Waals surface area contributed by atoms with Gasteiger partial charge in [-0.1, -0.05) is 25.5 Å². The summed E-state index contributed by atoms with van der Waals surface area (Å²) in [6.07, 6.45) is 5.90. The van der Waals surface area contributed by atoms with Crippen LogP contribution in [0.15, 0.2) is 36.7 Å². The molecule has 21 heavy (non-hydrogen) atoms. The van der Waals surface area contributed by atoms with Gasteiger partial charge in [0, 0.05) is 29.9 Å². The van der Waals surface area contributed by atoms with Crippen LogP contribution in [0.2, 0.25) is 0 Å². The molecule has 1 aromatic carbocycles. The molecule has 0 bridgehead atoms. The quantitative estimate of drug-likeness (QED) is 0.697. The van der Waals surface area contributed by atoms with Gasteiger partial charge in [-0.3, -0.25) is 0 Å². The van der Waals surface area contributed by atoms with Gasteiger partial charge in [-0.2, -0.15) is 4.98 Å². The molecule has 4 nitrogen and oxygen atoms in total. The van der Waals surface area contributed by atoms with E-state index in [1.165, 1.54) is 12.1 Å². The molecule has 0 aliphatic rings. The molecule has 0 fully saturated rings. The van der Waals surface area contributed by atoms with Crippen LogP contribution in [-0.4, -0.2) is 21.5 Å². The summed E-state index contributed by atoms with van der Waals surface area (Å²) in [6, 6.07) is 6.42. The van der Waals surface area contributed by atoms with E-state index in [9.17, 15) is 4.39 Å². The van der Waals surface area contributed by atoms with Crippen molar-refractivity contribution in [1.82, 2.24) is 15.0 Å². The molecule has 0 radical (unpaired) electrons. The predicted molar refractivity (Wildman–Crippen MR) is 82.7 cm³/mol. The van der Waals surface area contributed by atoms with E-state index in [1.54, 1.807) is 18.3 Å². The Hall–Kier alpha value is -2.43.